The highest BCUT2D eigenvalue weighted by atomic mass is 16.3. The van der Waals surface area contributed by atoms with Crippen molar-refractivity contribution in [1.82, 2.24) is 0 Å². The Morgan fingerprint density at radius 2 is 1.41 bits per heavy atom. The van der Waals surface area contributed by atoms with E-state index in [1.54, 1.807) is 0 Å². The molecule has 2 heterocycles. The SMILES string of the molecule is CCCCCC[N+]12CCC(C(O)(c3ccccc3)c3ccccc3)(CC1)C2. The summed E-state index contributed by atoms with van der Waals surface area (Å²) in [5.74, 6) is 0. The van der Waals surface area contributed by atoms with Crippen LogP contribution >= 0.6 is 0 Å². The lowest BCUT2D eigenvalue weighted by molar-refractivity contribution is -0.909. The van der Waals surface area contributed by atoms with Crippen LogP contribution in [0.1, 0.15) is 56.6 Å². The lowest BCUT2D eigenvalue weighted by Crippen LogP contribution is -2.46. The fraction of sp³-hybridized carbons (Fsp3) is 0.520. The Kier molecular flexibility index (Phi) is 5.13. The molecule has 27 heavy (non-hydrogen) atoms. The topological polar surface area (TPSA) is 20.2 Å². The van der Waals surface area contributed by atoms with Gasteiger partial charge in [0.15, 0.2) is 0 Å². The second-order valence-electron chi connectivity index (χ2n) is 8.95. The van der Waals surface area contributed by atoms with E-state index in [1.165, 1.54) is 49.8 Å². The first-order chi connectivity index (χ1) is 13.1. The highest BCUT2D eigenvalue weighted by Gasteiger charge is 2.65. The van der Waals surface area contributed by atoms with Gasteiger partial charge in [0.2, 0.25) is 0 Å². The van der Waals surface area contributed by atoms with Crippen LogP contribution in [0.4, 0.5) is 0 Å². The summed E-state index contributed by atoms with van der Waals surface area (Å²) in [6.07, 6.45) is 7.58. The smallest absolute Gasteiger partial charge is 0.126 e. The molecule has 2 aromatic carbocycles. The minimum absolute atomic E-state index is 0.0412. The minimum atomic E-state index is -0.893. The Hall–Kier alpha value is -1.64. The molecular formula is C25H34NO+. The zero-order valence-electron chi connectivity index (χ0n) is 16.7. The number of hydrogen-bond acceptors (Lipinski definition) is 1. The number of unbranched alkanes of at least 4 members (excludes halogenated alkanes) is 3. The van der Waals surface area contributed by atoms with Crippen molar-refractivity contribution in [2.24, 2.45) is 5.41 Å². The molecule has 0 amide bonds. The van der Waals surface area contributed by atoms with Crippen LogP contribution in [0.3, 0.4) is 0 Å². The summed E-state index contributed by atoms with van der Waals surface area (Å²) in [4.78, 5) is 0. The number of quaternary nitrogens is 1. The number of aliphatic hydroxyl groups is 1. The third kappa shape index (κ3) is 3.13. The monoisotopic (exact) mass is 364 g/mol. The van der Waals surface area contributed by atoms with Gasteiger partial charge in [0.05, 0.1) is 31.6 Å². The van der Waals surface area contributed by atoms with Crippen LogP contribution in [0, 0.1) is 5.41 Å². The van der Waals surface area contributed by atoms with Gasteiger partial charge in [-0.3, -0.25) is 0 Å². The summed E-state index contributed by atoms with van der Waals surface area (Å²) in [7, 11) is 0. The summed E-state index contributed by atoms with van der Waals surface area (Å²) < 4.78 is 1.23. The van der Waals surface area contributed by atoms with Gasteiger partial charge in [0.25, 0.3) is 0 Å². The molecule has 2 bridgehead atoms. The molecule has 144 valence electrons. The van der Waals surface area contributed by atoms with Crippen LogP contribution in [0.15, 0.2) is 60.7 Å². The highest BCUT2D eigenvalue weighted by molar-refractivity contribution is 5.39. The van der Waals surface area contributed by atoms with E-state index in [1.807, 2.05) is 12.1 Å². The van der Waals surface area contributed by atoms with Gasteiger partial charge in [-0.2, -0.15) is 0 Å². The van der Waals surface area contributed by atoms with Gasteiger partial charge in [-0.05, 0) is 24.0 Å². The van der Waals surface area contributed by atoms with E-state index < -0.39 is 5.60 Å². The Bertz CT molecular complexity index is 692. The summed E-state index contributed by atoms with van der Waals surface area (Å²) in [5.41, 5.74) is 1.18. The standard InChI is InChI=1S/C25H34NO/c1-2-3-4-11-18-26-19-16-24(21-26,17-20-26)25(27,22-12-7-5-8-13-22)23-14-9-6-10-15-23/h5-10,12-15,27H,2-4,11,16-21H2,1H3/q+1. The van der Waals surface area contributed by atoms with Crippen molar-refractivity contribution in [3.05, 3.63) is 71.8 Å². The molecule has 2 aliphatic rings. The second-order valence-corrected chi connectivity index (χ2v) is 8.95. The van der Waals surface area contributed by atoms with Crippen LogP contribution in [-0.2, 0) is 5.60 Å². The van der Waals surface area contributed by atoms with Crippen LogP contribution in [0.5, 0.6) is 0 Å². The number of piperidine rings is 1. The number of nitrogens with zero attached hydrogens (tertiary/aromatic N) is 1. The van der Waals surface area contributed by atoms with Crippen LogP contribution in [0.2, 0.25) is 0 Å². The number of benzene rings is 2. The van der Waals surface area contributed by atoms with E-state index in [0.29, 0.717) is 0 Å². The van der Waals surface area contributed by atoms with E-state index in [4.69, 9.17) is 0 Å². The van der Waals surface area contributed by atoms with Crippen molar-refractivity contribution in [2.45, 2.75) is 51.0 Å². The summed E-state index contributed by atoms with van der Waals surface area (Å²) >= 11 is 0. The molecule has 0 aliphatic carbocycles. The van der Waals surface area contributed by atoms with E-state index in [2.05, 4.69) is 55.5 Å². The average Bonchev–Trinajstić information content (AvgIpc) is 3.30. The first kappa shape index (κ1) is 18.7. The Morgan fingerprint density at radius 3 is 1.93 bits per heavy atom. The molecule has 2 aromatic rings. The van der Waals surface area contributed by atoms with Gasteiger partial charge in [0, 0.05) is 12.8 Å². The molecule has 4 rings (SSSR count). The number of fused-ring (bicyclic) bond motifs is 2. The van der Waals surface area contributed by atoms with Crippen molar-refractivity contribution >= 4 is 0 Å². The molecule has 2 fully saturated rings. The molecule has 0 aromatic heterocycles. The minimum Gasteiger partial charge on any atom is -0.380 e. The maximum Gasteiger partial charge on any atom is 0.126 e. The van der Waals surface area contributed by atoms with E-state index >= 15 is 0 Å². The van der Waals surface area contributed by atoms with Gasteiger partial charge in [-0.1, -0.05) is 80.4 Å². The Labute approximate surface area is 164 Å². The molecule has 2 saturated heterocycles. The summed E-state index contributed by atoms with van der Waals surface area (Å²) in [6.45, 7) is 7.16. The van der Waals surface area contributed by atoms with Crippen molar-refractivity contribution < 1.29 is 9.59 Å². The third-order valence-electron chi connectivity index (χ3n) is 7.40. The zero-order chi connectivity index (χ0) is 18.8. The maximum absolute atomic E-state index is 12.3. The first-order valence-electron chi connectivity index (χ1n) is 10.8. The van der Waals surface area contributed by atoms with Crippen molar-refractivity contribution in [1.29, 1.82) is 0 Å². The number of rotatable bonds is 8. The third-order valence-corrected chi connectivity index (χ3v) is 7.40. The number of hydrogen-bond donors (Lipinski definition) is 1. The lowest BCUT2D eigenvalue weighted by Gasteiger charge is -2.42. The molecule has 1 N–H and O–H groups in total. The molecule has 0 unspecified atom stereocenters. The molecule has 0 spiro atoms. The Morgan fingerprint density at radius 1 is 0.852 bits per heavy atom. The van der Waals surface area contributed by atoms with E-state index in [9.17, 15) is 5.11 Å². The van der Waals surface area contributed by atoms with Gasteiger partial charge in [-0.15, -0.1) is 0 Å². The van der Waals surface area contributed by atoms with Crippen molar-refractivity contribution in [3.8, 4) is 0 Å². The van der Waals surface area contributed by atoms with E-state index in [-0.39, 0.29) is 5.41 Å². The molecule has 0 radical (unpaired) electrons. The predicted octanol–water partition coefficient (Wildman–Crippen LogP) is 5.11. The fourth-order valence-corrected chi connectivity index (χ4v) is 5.89. The summed E-state index contributed by atoms with van der Waals surface area (Å²) in [6, 6.07) is 20.8. The quantitative estimate of drug-likeness (QED) is 0.509. The van der Waals surface area contributed by atoms with Crippen molar-refractivity contribution in [2.75, 3.05) is 26.2 Å². The van der Waals surface area contributed by atoms with Crippen LogP contribution < -0.4 is 0 Å². The molecule has 0 saturated carbocycles. The molecule has 0 atom stereocenters. The van der Waals surface area contributed by atoms with Gasteiger partial charge >= 0.3 is 0 Å². The first-order valence-corrected chi connectivity index (χ1v) is 10.8. The largest absolute Gasteiger partial charge is 0.380 e. The van der Waals surface area contributed by atoms with Gasteiger partial charge in [-0.25, -0.2) is 0 Å². The average molecular weight is 365 g/mol. The van der Waals surface area contributed by atoms with Gasteiger partial charge < -0.3 is 9.59 Å². The van der Waals surface area contributed by atoms with Gasteiger partial charge in [0.1, 0.15) is 5.60 Å². The van der Waals surface area contributed by atoms with Crippen molar-refractivity contribution in [3.63, 3.8) is 0 Å². The predicted molar refractivity (Wildman–Crippen MR) is 111 cm³/mol. The van der Waals surface area contributed by atoms with Crippen LogP contribution in [-0.4, -0.2) is 35.8 Å². The molecule has 2 heteroatoms. The zero-order valence-corrected chi connectivity index (χ0v) is 16.7. The fourth-order valence-electron chi connectivity index (χ4n) is 5.89. The normalized spacial score (nSPS) is 27.2. The maximum atomic E-state index is 12.3. The summed E-state index contributed by atoms with van der Waals surface area (Å²) in [5, 5.41) is 12.3. The lowest BCUT2D eigenvalue weighted by atomic mass is 9.63. The highest BCUT2D eigenvalue weighted by Crippen LogP contribution is 2.58. The molecule has 2 aliphatic heterocycles. The second kappa shape index (κ2) is 7.41. The van der Waals surface area contributed by atoms with E-state index in [0.717, 1.165) is 30.5 Å². The van der Waals surface area contributed by atoms with Crippen LogP contribution in [0.25, 0.3) is 0 Å². The molecule has 2 nitrogen and oxygen atoms in total. The molecular weight excluding hydrogens is 330 g/mol. The Balaban J connectivity index is 1.66.